The largest absolute Gasteiger partial charge is 0.490 e. The van der Waals surface area contributed by atoms with E-state index in [0.717, 1.165) is 72.8 Å². The molecule has 3 N–H and O–H groups in total. The molecule has 5 rings (SSSR count). The number of nitrogens with one attached hydrogen (secondary N) is 1. The highest BCUT2D eigenvalue weighted by Gasteiger charge is 2.45. The van der Waals surface area contributed by atoms with E-state index in [4.69, 9.17) is 22.1 Å². The molecule has 1 aromatic heterocycles. The van der Waals surface area contributed by atoms with Crippen LogP contribution in [0.2, 0.25) is 5.02 Å². The monoisotopic (exact) mass is 507 g/mol. The zero-order valence-corrected chi connectivity index (χ0v) is 21.7. The van der Waals surface area contributed by atoms with Crippen molar-refractivity contribution in [2.45, 2.75) is 68.0 Å². The van der Waals surface area contributed by atoms with Crippen molar-refractivity contribution >= 4 is 23.4 Å². The summed E-state index contributed by atoms with van der Waals surface area (Å²) < 4.78 is 6.24. The Morgan fingerprint density at radius 1 is 1.06 bits per heavy atom. The van der Waals surface area contributed by atoms with Crippen molar-refractivity contribution in [1.82, 2.24) is 10.3 Å². The van der Waals surface area contributed by atoms with E-state index in [1.165, 1.54) is 28.9 Å². The van der Waals surface area contributed by atoms with E-state index < -0.39 is 0 Å². The fourth-order valence-corrected chi connectivity index (χ4v) is 5.65. The van der Waals surface area contributed by atoms with E-state index in [2.05, 4.69) is 52.8 Å². The third kappa shape index (κ3) is 6.21. The number of pyridine rings is 1. The van der Waals surface area contributed by atoms with E-state index in [1.54, 1.807) is 0 Å². The van der Waals surface area contributed by atoms with Crippen molar-refractivity contribution in [1.29, 1.82) is 0 Å². The number of aromatic nitrogens is 1. The number of rotatable bonds is 13. The Labute approximate surface area is 218 Å². The first kappa shape index (κ1) is 24.6. The van der Waals surface area contributed by atoms with E-state index in [0.29, 0.717) is 6.10 Å². The molecule has 0 aliphatic heterocycles. The molecule has 0 spiro atoms. The van der Waals surface area contributed by atoms with Crippen molar-refractivity contribution in [3.05, 3.63) is 77.1 Å². The summed E-state index contributed by atoms with van der Waals surface area (Å²) in [7, 11) is 0. The highest BCUT2D eigenvalue weighted by atomic mass is 35.5. The summed E-state index contributed by atoms with van der Waals surface area (Å²) in [4.78, 5) is 5.78. The second kappa shape index (κ2) is 11.3. The SMILES string of the molecule is NCCCCCSc1ccc(Cl)c(CNC2(c3cnccc3-c3ccccc3OC3CC3)CC2)c1. The maximum absolute atomic E-state index is 6.60. The average Bonchev–Trinajstić information content (AvgIpc) is 3.82. The topological polar surface area (TPSA) is 60.2 Å². The second-order valence-electron chi connectivity index (χ2n) is 9.62. The number of hydrogen-bond donors (Lipinski definition) is 2. The highest BCUT2D eigenvalue weighted by molar-refractivity contribution is 7.99. The summed E-state index contributed by atoms with van der Waals surface area (Å²) in [6.07, 6.45) is 12.2. The number of ether oxygens (including phenoxy) is 1. The first-order valence-electron chi connectivity index (χ1n) is 12.8. The first-order chi connectivity index (χ1) is 17.2. The molecular formula is C29H34ClN3OS. The van der Waals surface area contributed by atoms with Crippen molar-refractivity contribution in [2.75, 3.05) is 12.3 Å². The molecule has 2 aromatic carbocycles. The van der Waals surface area contributed by atoms with Gasteiger partial charge >= 0.3 is 0 Å². The Morgan fingerprint density at radius 2 is 1.91 bits per heavy atom. The molecule has 0 atom stereocenters. The summed E-state index contributed by atoms with van der Waals surface area (Å²) in [5.41, 5.74) is 10.3. The predicted octanol–water partition coefficient (Wildman–Crippen LogP) is 6.94. The summed E-state index contributed by atoms with van der Waals surface area (Å²) in [5.74, 6) is 2.08. The lowest BCUT2D eigenvalue weighted by molar-refractivity contribution is 0.304. The molecule has 0 unspecified atom stereocenters. The Morgan fingerprint density at radius 3 is 2.71 bits per heavy atom. The van der Waals surface area contributed by atoms with Gasteiger partial charge in [0, 0.05) is 40.0 Å². The Bertz CT molecular complexity index is 1150. The fraction of sp³-hybridized carbons (Fsp3) is 0.414. The van der Waals surface area contributed by atoms with Crippen molar-refractivity contribution < 1.29 is 4.74 Å². The number of hydrogen-bond acceptors (Lipinski definition) is 5. The second-order valence-corrected chi connectivity index (χ2v) is 11.2. The smallest absolute Gasteiger partial charge is 0.127 e. The minimum Gasteiger partial charge on any atom is -0.490 e. The summed E-state index contributed by atoms with van der Waals surface area (Å²) >= 11 is 8.50. The number of halogens is 1. The van der Waals surface area contributed by atoms with Gasteiger partial charge in [-0.1, -0.05) is 36.2 Å². The fourth-order valence-electron chi connectivity index (χ4n) is 4.49. The lowest BCUT2D eigenvalue weighted by Gasteiger charge is -2.23. The maximum Gasteiger partial charge on any atom is 0.127 e. The molecule has 2 fully saturated rings. The zero-order valence-electron chi connectivity index (χ0n) is 20.1. The van der Waals surface area contributed by atoms with E-state index in [1.807, 2.05) is 30.2 Å². The minimum atomic E-state index is -0.0784. The van der Waals surface area contributed by atoms with Gasteiger partial charge in [-0.2, -0.15) is 0 Å². The minimum absolute atomic E-state index is 0.0784. The van der Waals surface area contributed by atoms with Gasteiger partial charge in [0.05, 0.1) is 6.10 Å². The Kier molecular flexibility index (Phi) is 7.98. The molecule has 4 nitrogen and oxygen atoms in total. The molecule has 2 saturated carbocycles. The number of para-hydroxylation sites is 1. The standard InChI is InChI=1S/C29H34ClN3OS/c30-27-11-10-23(35-17-5-1-4-15-31)18-21(27)19-33-29(13-14-29)26-20-32-16-12-24(26)25-6-2-3-7-28(25)34-22-8-9-22/h2-3,6-7,10-12,16,18,20,22,33H,1,4-5,8-9,13-15,17,19,31H2. The van der Waals surface area contributed by atoms with Crippen LogP contribution in [0.3, 0.4) is 0 Å². The van der Waals surface area contributed by atoms with Crippen LogP contribution < -0.4 is 15.8 Å². The van der Waals surface area contributed by atoms with Gasteiger partial charge in [0.2, 0.25) is 0 Å². The zero-order chi connectivity index (χ0) is 24.1. The van der Waals surface area contributed by atoms with Crippen LogP contribution in [0.4, 0.5) is 0 Å². The van der Waals surface area contributed by atoms with E-state index >= 15 is 0 Å². The van der Waals surface area contributed by atoms with Crippen molar-refractivity contribution in [2.24, 2.45) is 5.73 Å². The Hall–Kier alpha value is -2.05. The molecule has 0 bridgehead atoms. The van der Waals surface area contributed by atoms with Crippen LogP contribution in [-0.2, 0) is 12.1 Å². The van der Waals surface area contributed by atoms with Crippen molar-refractivity contribution in [3.8, 4) is 16.9 Å². The van der Waals surface area contributed by atoms with Crippen LogP contribution >= 0.6 is 23.4 Å². The third-order valence-electron chi connectivity index (χ3n) is 6.83. The molecule has 35 heavy (non-hydrogen) atoms. The lowest BCUT2D eigenvalue weighted by atomic mass is 9.94. The van der Waals surface area contributed by atoms with Gasteiger partial charge in [-0.25, -0.2) is 0 Å². The number of nitrogens with two attached hydrogens (primary N) is 1. The number of nitrogens with zero attached hydrogens (tertiary/aromatic N) is 1. The molecule has 0 radical (unpaired) electrons. The van der Waals surface area contributed by atoms with Crippen molar-refractivity contribution in [3.63, 3.8) is 0 Å². The molecule has 6 heteroatoms. The van der Waals surface area contributed by atoms with Gasteiger partial charge in [0.15, 0.2) is 0 Å². The molecular weight excluding hydrogens is 474 g/mol. The molecule has 0 amide bonds. The Balaban J connectivity index is 1.31. The summed E-state index contributed by atoms with van der Waals surface area (Å²) in [5, 5.41) is 4.66. The van der Waals surface area contributed by atoms with Gasteiger partial charge < -0.3 is 15.8 Å². The number of benzene rings is 2. The van der Waals surface area contributed by atoms with Crippen LogP contribution in [0.5, 0.6) is 5.75 Å². The molecule has 3 aromatic rings. The molecule has 2 aliphatic rings. The van der Waals surface area contributed by atoms with E-state index in [9.17, 15) is 0 Å². The van der Waals surface area contributed by atoms with E-state index in [-0.39, 0.29) is 5.54 Å². The van der Waals surface area contributed by atoms with Gasteiger partial charge in [0.1, 0.15) is 5.75 Å². The summed E-state index contributed by atoms with van der Waals surface area (Å²) in [6.45, 7) is 1.51. The van der Waals surface area contributed by atoms with Gasteiger partial charge in [-0.15, -0.1) is 11.8 Å². The molecule has 184 valence electrons. The summed E-state index contributed by atoms with van der Waals surface area (Å²) in [6, 6.07) is 16.9. The number of thioether (sulfide) groups is 1. The average molecular weight is 508 g/mol. The molecule has 0 saturated heterocycles. The van der Waals surface area contributed by atoms with Crippen LogP contribution in [0.1, 0.15) is 56.1 Å². The van der Waals surface area contributed by atoms with Gasteiger partial charge in [-0.05, 0) is 97.8 Å². The maximum atomic E-state index is 6.60. The molecule has 2 aliphatic carbocycles. The lowest BCUT2D eigenvalue weighted by Crippen LogP contribution is -2.29. The van der Waals surface area contributed by atoms with Crippen LogP contribution in [0.25, 0.3) is 11.1 Å². The normalized spacial score (nSPS) is 16.3. The van der Waals surface area contributed by atoms with Gasteiger partial charge in [0.25, 0.3) is 0 Å². The van der Waals surface area contributed by atoms with Crippen LogP contribution in [-0.4, -0.2) is 23.4 Å². The van der Waals surface area contributed by atoms with Crippen LogP contribution in [0, 0.1) is 0 Å². The van der Waals surface area contributed by atoms with Crippen LogP contribution in [0.15, 0.2) is 65.8 Å². The van der Waals surface area contributed by atoms with Gasteiger partial charge in [-0.3, -0.25) is 4.98 Å². The molecule has 1 heterocycles. The quantitative estimate of drug-likeness (QED) is 0.194. The highest BCUT2D eigenvalue weighted by Crippen LogP contribution is 2.50. The first-order valence-corrected chi connectivity index (χ1v) is 14.1. The predicted molar refractivity (Wildman–Crippen MR) is 146 cm³/mol. The third-order valence-corrected chi connectivity index (χ3v) is 8.28. The number of unbranched alkanes of at least 4 members (excludes halogenated alkanes) is 2.